The summed E-state index contributed by atoms with van der Waals surface area (Å²) in [7, 11) is 7.59. The molecule has 0 radical (unpaired) electrons. The van der Waals surface area contributed by atoms with Gasteiger partial charge < -0.3 is 58.6 Å². The van der Waals surface area contributed by atoms with Crippen LogP contribution in [0.4, 0.5) is 27.5 Å². The zero-order valence-electron chi connectivity index (χ0n) is 34.1. The van der Waals surface area contributed by atoms with E-state index >= 15 is 0 Å². The lowest BCUT2D eigenvalue weighted by Crippen LogP contribution is -2.51. The van der Waals surface area contributed by atoms with Gasteiger partial charge in [-0.25, -0.2) is 14.5 Å². The van der Waals surface area contributed by atoms with Crippen molar-refractivity contribution >= 4 is 58.4 Å². The van der Waals surface area contributed by atoms with Crippen LogP contribution in [0, 0.1) is 0 Å². The number of carbonyl (C=O) groups is 6. The van der Waals surface area contributed by atoms with Gasteiger partial charge >= 0.3 is 12.1 Å². The number of aliphatic hydroxyl groups excluding tert-OH is 1. The van der Waals surface area contributed by atoms with Crippen LogP contribution in [0.25, 0.3) is 0 Å². The van der Waals surface area contributed by atoms with Crippen LogP contribution in [0.5, 0.6) is 11.5 Å². The summed E-state index contributed by atoms with van der Waals surface area (Å²) in [5.41, 5.74) is 1.10. The number of esters is 1. The van der Waals surface area contributed by atoms with Crippen LogP contribution in [0.2, 0.25) is 0 Å². The average Bonchev–Trinajstić information content (AvgIpc) is 3.95. The van der Waals surface area contributed by atoms with Crippen molar-refractivity contribution in [3.05, 3.63) is 71.6 Å². The number of methoxy groups -OCH3 is 2. The third-order valence-corrected chi connectivity index (χ3v) is 9.79. The van der Waals surface area contributed by atoms with E-state index in [1.165, 1.54) is 58.3 Å². The highest BCUT2D eigenvalue weighted by Gasteiger charge is 2.46. The lowest BCUT2D eigenvalue weighted by atomic mass is 10.1. The van der Waals surface area contributed by atoms with Crippen LogP contribution in [0.15, 0.2) is 48.9 Å². The number of ether oxygens (including phenoxy) is 4. The SMILES string of the molecule is COC(=O)c1cc(NC(=O)c2cc(NC(=O)c3cc(NC(=O)CCOc4cc5c(cc4OC)C(=O)N4CCC[C@H]4[C@H](O)N5C(=O)OC(C)(C)C)cn3C)cn2C)cn1C. The molecule has 0 bridgehead atoms. The molecule has 3 aromatic heterocycles. The monoisotopic (exact) mass is 816 g/mol. The molecule has 5 amide bonds. The van der Waals surface area contributed by atoms with Gasteiger partial charge in [-0.1, -0.05) is 0 Å². The second kappa shape index (κ2) is 16.6. The number of nitrogens with zero attached hydrogens (tertiary/aromatic N) is 5. The zero-order chi connectivity index (χ0) is 42.9. The van der Waals surface area contributed by atoms with Crippen molar-refractivity contribution in [1.82, 2.24) is 18.6 Å². The molecule has 4 aromatic rings. The van der Waals surface area contributed by atoms with Gasteiger partial charge in [0.15, 0.2) is 17.7 Å². The fraction of sp³-hybridized carbons (Fsp3) is 0.400. The molecule has 4 N–H and O–H groups in total. The number of aliphatic hydroxyl groups is 1. The number of carbonyl (C=O) groups excluding carboxylic acids is 6. The van der Waals surface area contributed by atoms with E-state index in [9.17, 15) is 33.9 Å². The van der Waals surface area contributed by atoms with Gasteiger partial charge in [0.05, 0.1) is 61.6 Å². The Morgan fingerprint density at radius 1 is 0.797 bits per heavy atom. The van der Waals surface area contributed by atoms with Gasteiger partial charge in [0.25, 0.3) is 17.7 Å². The molecule has 314 valence electrons. The largest absolute Gasteiger partial charge is 0.493 e. The van der Waals surface area contributed by atoms with Crippen LogP contribution in [-0.2, 0) is 35.4 Å². The number of fused-ring (bicyclic) bond motifs is 2. The highest BCUT2D eigenvalue weighted by Crippen LogP contribution is 2.41. The molecule has 2 aliphatic heterocycles. The highest BCUT2D eigenvalue weighted by molar-refractivity contribution is 6.08. The maximum Gasteiger partial charge on any atom is 0.417 e. The van der Waals surface area contributed by atoms with E-state index in [2.05, 4.69) is 16.0 Å². The predicted molar refractivity (Wildman–Crippen MR) is 214 cm³/mol. The van der Waals surface area contributed by atoms with Crippen molar-refractivity contribution in [3.63, 3.8) is 0 Å². The summed E-state index contributed by atoms with van der Waals surface area (Å²) in [6.45, 7) is 5.37. The number of aryl methyl sites for hydroxylation is 3. The molecule has 59 heavy (non-hydrogen) atoms. The molecule has 2 atom stereocenters. The Morgan fingerprint density at radius 2 is 1.36 bits per heavy atom. The van der Waals surface area contributed by atoms with Gasteiger partial charge in [0, 0.05) is 52.3 Å². The van der Waals surface area contributed by atoms with Gasteiger partial charge in [0.2, 0.25) is 5.91 Å². The Labute approximate surface area is 339 Å². The molecule has 1 aromatic carbocycles. The van der Waals surface area contributed by atoms with E-state index < -0.39 is 47.7 Å². The Balaban J connectivity index is 1.09. The van der Waals surface area contributed by atoms with Crippen LogP contribution in [0.1, 0.15) is 81.9 Å². The molecule has 1 saturated heterocycles. The number of hydrogen-bond acceptors (Lipinski definition) is 11. The summed E-state index contributed by atoms with van der Waals surface area (Å²) in [6, 6.07) is 6.72. The van der Waals surface area contributed by atoms with Crippen molar-refractivity contribution in [2.24, 2.45) is 21.1 Å². The van der Waals surface area contributed by atoms with E-state index in [0.717, 1.165) is 4.90 Å². The van der Waals surface area contributed by atoms with E-state index in [0.29, 0.717) is 36.4 Å². The van der Waals surface area contributed by atoms with E-state index in [-0.39, 0.29) is 58.8 Å². The first-order valence-corrected chi connectivity index (χ1v) is 18.7. The third-order valence-electron chi connectivity index (χ3n) is 9.79. The van der Waals surface area contributed by atoms with Crippen molar-refractivity contribution < 1.29 is 52.8 Å². The average molecular weight is 817 g/mol. The van der Waals surface area contributed by atoms with Crippen molar-refractivity contribution in [3.8, 4) is 11.5 Å². The highest BCUT2D eigenvalue weighted by atomic mass is 16.6. The minimum absolute atomic E-state index is 0.0826. The maximum absolute atomic E-state index is 13.7. The van der Waals surface area contributed by atoms with Gasteiger partial charge in [-0.15, -0.1) is 0 Å². The smallest absolute Gasteiger partial charge is 0.417 e. The van der Waals surface area contributed by atoms with Crippen LogP contribution < -0.4 is 30.3 Å². The molecular weight excluding hydrogens is 768 g/mol. The van der Waals surface area contributed by atoms with Crippen LogP contribution in [0.3, 0.4) is 0 Å². The fourth-order valence-corrected chi connectivity index (χ4v) is 7.06. The van der Waals surface area contributed by atoms with Crippen molar-refractivity contribution in [2.75, 3.05) is 48.2 Å². The second-order valence-electron chi connectivity index (χ2n) is 15.2. The molecule has 6 rings (SSSR count). The number of nitrogens with one attached hydrogen (secondary N) is 3. The Hall–Kier alpha value is -6.76. The van der Waals surface area contributed by atoms with E-state index in [1.54, 1.807) is 65.4 Å². The number of hydrogen-bond donors (Lipinski definition) is 4. The second-order valence-corrected chi connectivity index (χ2v) is 15.2. The normalized spacial score (nSPS) is 16.1. The van der Waals surface area contributed by atoms with Crippen molar-refractivity contribution in [2.45, 2.75) is 57.9 Å². The van der Waals surface area contributed by atoms with Gasteiger partial charge in [-0.3, -0.25) is 19.2 Å². The zero-order valence-corrected chi connectivity index (χ0v) is 34.1. The molecule has 0 aliphatic carbocycles. The number of amides is 5. The first-order valence-electron chi connectivity index (χ1n) is 18.7. The van der Waals surface area contributed by atoms with Gasteiger partial charge in [-0.05, 0) is 57.9 Å². The molecule has 19 nitrogen and oxygen atoms in total. The Morgan fingerprint density at radius 3 is 1.92 bits per heavy atom. The molecule has 1 fully saturated rings. The van der Waals surface area contributed by atoms with Crippen LogP contribution in [-0.4, -0.2) is 105 Å². The van der Waals surface area contributed by atoms with E-state index in [1.807, 2.05) is 0 Å². The first kappa shape index (κ1) is 41.9. The van der Waals surface area contributed by atoms with Crippen LogP contribution >= 0.6 is 0 Å². The van der Waals surface area contributed by atoms with E-state index in [4.69, 9.17) is 18.9 Å². The molecule has 0 unspecified atom stereocenters. The number of anilines is 4. The lowest BCUT2D eigenvalue weighted by Gasteiger charge is -2.33. The molecule has 0 saturated carbocycles. The standard InChI is InChI=1S/C40H48N8O11/c1-40(2,3)59-39(55)48-27-18-32(31(56-7)17-25(27)36(52)47-12-9-10-26(47)37(48)53)58-13-11-33(49)41-22-14-28(44(4)19-22)34(50)42-23-15-29(45(5)20-23)35(51)43-24-16-30(38(54)57-8)46(6)21-24/h14-21,26,37,53H,9-13H2,1-8H3,(H,41,49)(H,42,50)(H,43,51)/t26-,37-/m0/s1. The summed E-state index contributed by atoms with van der Waals surface area (Å²) in [4.78, 5) is 81.1. The van der Waals surface area contributed by atoms with Crippen molar-refractivity contribution in [1.29, 1.82) is 0 Å². The molecule has 19 heteroatoms. The maximum atomic E-state index is 13.7. The summed E-state index contributed by atoms with van der Waals surface area (Å²) < 4.78 is 26.5. The minimum Gasteiger partial charge on any atom is -0.493 e. The molecule has 2 aliphatic rings. The minimum atomic E-state index is -1.38. The Kier molecular flexibility index (Phi) is 11.8. The molecule has 0 spiro atoms. The summed E-state index contributed by atoms with van der Waals surface area (Å²) in [6.07, 6.45) is 3.51. The predicted octanol–water partition coefficient (Wildman–Crippen LogP) is 4.09. The number of aromatic nitrogens is 3. The van der Waals surface area contributed by atoms with Gasteiger partial charge in [-0.2, -0.15) is 0 Å². The Bertz CT molecular complexity index is 2320. The number of benzene rings is 1. The summed E-state index contributed by atoms with van der Waals surface area (Å²) >= 11 is 0. The van der Waals surface area contributed by atoms with Gasteiger partial charge in [0.1, 0.15) is 22.7 Å². The molecular formula is C40H48N8O11. The summed E-state index contributed by atoms with van der Waals surface area (Å²) in [5.74, 6) is -2.02. The summed E-state index contributed by atoms with van der Waals surface area (Å²) in [5, 5.41) is 19.7. The third kappa shape index (κ3) is 8.89. The quantitative estimate of drug-likeness (QED) is 0.158. The topological polar surface area (TPSA) is 217 Å². The molecule has 5 heterocycles. The fourth-order valence-electron chi connectivity index (χ4n) is 7.06. The lowest BCUT2D eigenvalue weighted by molar-refractivity contribution is -0.116. The number of rotatable bonds is 11. The first-order chi connectivity index (χ1) is 27.9.